The van der Waals surface area contributed by atoms with Gasteiger partial charge in [-0.25, -0.2) is 9.07 Å². The monoisotopic (exact) mass is 363 g/mol. The van der Waals surface area contributed by atoms with Gasteiger partial charge >= 0.3 is 0 Å². The van der Waals surface area contributed by atoms with Gasteiger partial charge in [-0.1, -0.05) is 5.21 Å². The summed E-state index contributed by atoms with van der Waals surface area (Å²) in [5, 5.41) is 12.0. The van der Waals surface area contributed by atoms with Crippen molar-refractivity contribution in [1.29, 1.82) is 0 Å². The molecule has 1 aliphatic heterocycles. The lowest BCUT2D eigenvalue weighted by molar-refractivity contribution is 0.0707. The third-order valence-electron chi connectivity index (χ3n) is 4.52. The molecule has 1 fully saturated rings. The van der Waals surface area contributed by atoms with Crippen molar-refractivity contribution in [3.8, 4) is 0 Å². The lowest BCUT2D eigenvalue weighted by Gasteiger charge is -2.23. The molecule has 2 aromatic heterocycles. The van der Waals surface area contributed by atoms with Crippen LogP contribution in [-0.4, -0.2) is 79.2 Å². The molecule has 140 valence electrons. The molecule has 3 heterocycles. The van der Waals surface area contributed by atoms with Crippen molar-refractivity contribution < 1.29 is 14.0 Å². The third-order valence-corrected chi connectivity index (χ3v) is 4.52. The second-order valence-corrected chi connectivity index (χ2v) is 6.76. The van der Waals surface area contributed by atoms with E-state index in [2.05, 4.69) is 15.4 Å². The number of amides is 2. The van der Waals surface area contributed by atoms with E-state index in [9.17, 15) is 14.0 Å². The number of carbonyl (C=O) groups excluding carboxylic acids is 2. The number of hydrogen-bond donors (Lipinski definition) is 0. The first-order valence-corrected chi connectivity index (χ1v) is 8.33. The number of aromatic nitrogens is 5. The molecule has 1 aliphatic rings. The summed E-state index contributed by atoms with van der Waals surface area (Å²) in [6.07, 6.45) is 0.635. The van der Waals surface area contributed by atoms with Crippen molar-refractivity contribution in [2.24, 2.45) is 7.05 Å². The molecular weight excluding hydrogens is 341 g/mol. The van der Waals surface area contributed by atoms with E-state index in [0.29, 0.717) is 5.69 Å². The van der Waals surface area contributed by atoms with E-state index < -0.39 is 6.17 Å². The van der Waals surface area contributed by atoms with Gasteiger partial charge in [0, 0.05) is 33.3 Å². The fourth-order valence-corrected chi connectivity index (χ4v) is 3.02. The Hall–Kier alpha value is -2.78. The van der Waals surface area contributed by atoms with Crippen molar-refractivity contribution in [3.63, 3.8) is 0 Å². The molecule has 0 bridgehead atoms. The smallest absolute Gasteiger partial charge is 0.275 e. The molecule has 0 unspecified atom stereocenters. The Labute approximate surface area is 150 Å². The fraction of sp³-hybridized carbons (Fsp3) is 0.562. The summed E-state index contributed by atoms with van der Waals surface area (Å²) in [6.45, 7) is 2.14. The standard InChI is InChI=1S/C16H22FN7O2/c1-10-5-13(19-22(10)4)16(26)24-7-11(17)6-12(24)8-23-9-14(18-20-23)15(25)21(2)3/h5,9,11-12H,6-8H2,1-4H3/t11-,12-/m0/s1. The molecule has 1 saturated heterocycles. The first-order valence-electron chi connectivity index (χ1n) is 8.33. The summed E-state index contributed by atoms with van der Waals surface area (Å²) in [4.78, 5) is 27.5. The Morgan fingerprint density at radius 3 is 2.69 bits per heavy atom. The maximum Gasteiger partial charge on any atom is 0.275 e. The molecule has 2 aromatic rings. The van der Waals surface area contributed by atoms with Crippen LogP contribution in [0.15, 0.2) is 12.3 Å². The Balaban J connectivity index is 1.76. The van der Waals surface area contributed by atoms with Crippen LogP contribution < -0.4 is 0 Å². The first kappa shape index (κ1) is 18.0. The van der Waals surface area contributed by atoms with Gasteiger partial charge in [-0.15, -0.1) is 5.10 Å². The molecular formula is C16H22FN7O2. The number of hydrogen-bond acceptors (Lipinski definition) is 5. The SMILES string of the molecule is Cc1cc(C(=O)N2C[C@@H](F)C[C@H]2Cn2cc(C(=O)N(C)C)nn2)nn1C. The summed E-state index contributed by atoms with van der Waals surface area (Å²) >= 11 is 0. The molecule has 26 heavy (non-hydrogen) atoms. The number of halogens is 1. The number of alkyl halides is 1. The zero-order valence-electron chi connectivity index (χ0n) is 15.3. The Morgan fingerprint density at radius 1 is 1.35 bits per heavy atom. The molecule has 0 spiro atoms. The first-order chi connectivity index (χ1) is 12.3. The quantitative estimate of drug-likeness (QED) is 0.778. The van der Waals surface area contributed by atoms with E-state index in [1.807, 2.05) is 6.92 Å². The summed E-state index contributed by atoms with van der Waals surface area (Å²) in [5.41, 5.74) is 1.36. The Bertz CT molecular complexity index is 809. The molecule has 0 aliphatic carbocycles. The minimum absolute atomic E-state index is 0.0251. The maximum absolute atomic E-state index is 14.0. The molecule has 9 nitrogen and oxygen atoms in total. The van der Waals surface area contributed by atoms with Crippen LogP contribution in [0, 0.1) is 6.92 Å². The number of aryl methyl sites for hydroxylation is 2. The summed E-state index contributed by atoms with van der Waals surface area (Å²) in [6, 6.07) is 1.32. The lowest BCUT2D eigenvalue weighted by atomic mass is 10.2. The zero-order chi connectivity index (χ0) is 19.0. The average Bonchev–Trinajstić information content (AvgIpc) is 3.27. The summed E-state index contributed by atoms with van der Waals surface area (Å²) in [5.74, 6) is -0.563. The van der Waals surface area contributed by atoms with Crippen LogP contribution in [-0.2, 0) is 13.6 Å². The van der Waals surface area contributed by atoms with Crippen molar-refractivity contribution in [2.75, 3.05) is 20.6 Å². The predicted molar refractivity (Wildman–Crippen MR) is 90.3 cm³/mol. The van der Waals surface area contributed by atoms with Crippen molar-refractivity contribution in [2.45, 2.75) is 32.1 Å². The summed E-state index contributed by atoms with van der Waals surface area (Å²) < 4.78 is 17.1. The van der Waals surface area contributed by atoms with Crippen LogP contribution in [0.1, 0.15) is 33.1 Å². The Morgan fingerprint density at radius 2 is 2.08 bits per heavy atom. The molecule has 2 amide bonds. The number of likely N-dealkylation sites (tertiary alicyclic amines) is 1. The molecule has 0 saturated carbocycles. The molecule has 10 heteroatoms. The Kier molecular flexibility index (Phi) is 4.75. The van der Waals surface area contributed by atoms with Crippen molar-refractivity contribution >= 4 is 11.8 Å². The minimum Gasteiger partial charge on any atom is -0.343 e. The third kappa shape index (κ3) is 3.44. The van der Waals surface area contributed by atoms with Gasteiger partial charge in [-0.3, -0.25) is 14.3 Å². The van der Waals surface area contributed by atoms with E-state index in [-0.39, 0.29) is 43.1 Å². The summed E-state index contributed by atoms with van der Waals surface area (Å²) in [7, 11) is 5.01. The van der Waals surface area contributed by atoms with Crippen LogP contribution in [0.3, 0.4) is 0 Å². The van der Waals surface area contributed by atoms with Crippen LogP contribution in [0.5, 0.6) is 0 Å². The van der Waals surface area contributed by atoms with Gasteiger partial charge in [0.25, 0.3) is 11.8 Å². The molecule has 0 radical (unpaired) electrons. The van der Waals surface area contributed by atoms with Gasteiger partial charge in [0.05, 0.1) is 25.3 Å². The van der Waals surface area contributed by atoms with Gasteiger partial charge in [-0.05, 0) is 13.0 Å². The highest BCUT2D eigenvalue weighted by atomic mass is 19.1. The highest BCUT2D eigenvalue weighted by molar-refractivity contribution is 5.93. The number of rotatable bonds is 4. The van der Waals surface area contributed by atoms with Gasteiger partial charge in [0.15, 0.2) is 11.4 Å². The van der Waals surface area contributed by atoms with Crippen LogP contribution in [0.4, 0.5) is 4.39 Å². The van der Waals surface area contributed by atoms with Crippen molar-refractivity contribution in [1.82, 2.24) is 34.6 Å². The lowest BCUT2D eigenvalue weighted by Crippen LogP contribution is -2.38. The second-order valence-electron chi connectivity index (χ2n) is 6.76. The molecule has 0 aromatic carbocycles. The normalized spacial score (nSPS) is 19.8. The van der Waals surface area contributed by atoms with E-state index >= 15 is 0 Å². The van der Waals surface area contributed by atoms with Crippen molar-refractivity contribution in [3.05, 3.63) is 29.3 Å². The fourth-order valence-electron chi connectivity index (χ4n) is 3.02. The van der Waals surface area contributed by atoms with Crippen LogP contribution in [0.25, 0.3) is 0 Å². The highest BCUT2D eigenvalue weighted by Gasteiger charge is 2.37. The average molecular weight is 363 g/mol. The van der Waals surface area contributed by atoms with E-state index in [1.165, 1.54) is 20.7 Å². The maximum atomic E-state index is 14.0. The largest absolute Gasteiger partial charge is 0.343 e. The second kappa shape index (κ2) is 6.85. The minimum atomic E-state index is -1.10. The van der Waals surface area contributed by atoms with Gasteiger partial charge in [-0.2, -0.15) is 5.10 Å². The predicted octanol–water partition coefficient (Wildman–Crippen LogP) is 0.275. The van der Waals surface area contributed by atoms with Gasteiger partial charge < -0.3 is 9.80 Å². The number of nitrogens with zero attached hydrogens (tertiary/aromatic N) is 7. The van der Waals surface area contributed by atoms with Gasteiger partial charge in [0.2, 0.25) is 0 Å². The van der Waals surface area contributed by atoms with Crippen LogP contribution in [0.2, 0.25) is 0 Å². The highest BCUT2D eigenvalue weighted by Crippen LogP contribution is 2.24. The molecule has 2 atom stereocenters. The number of carbonyl (C=O) groups is 2. The zero-order valence-corrected chi connectivity index (χ0v) is 15.3. The van der Waals surface area contributed by atoms with Gasteiger partial charge in [0.1, 0.15) is 6.17 Å². The molecule has 0 N–H and O–H groups in total. The topological polar surface area (TPSA) is 89.2 Å². The van der Waals surface area contributed by atoms with Crippen LogP contribution >= 0.6 is 0 Å². The molecule has 3 rings (SSSR count). The van der Waals surface area contributed by atoms with E-state index in [0.717, 1.165) is 5.69 Å². The van der Waals surface area contributed by atoms with E-state index in [1.54, 1.807) is 31.9 Å². The van der Waals surface area contributed by atoms with E-state index in [4.69, 9.17) is 0 Å².